The molecule has 1 aliphatic heterocycles. The van der Waals surface area contributed by atoms with Gasteiger partial charge in [-0.1, -0.05) is 28.1 Å². The highest BCUT2D eigenvalue weighted by molar-refractivity contribution is 9.10. The third-order valence-corrected chi connectivity index (χ3v) is 5.84. The van der Waals surface area contributed by atoms with E-state index >= 15 is 0 Å². The molecule has 0 atom stereocenters. The third kappa shape index (κ3) is 3.39. The molecule has 2 aromatic heterocycles. The zero-order valence-corrected chi connectivity index (χ0v) is 17.8. The molecule has 0 bridgehead atoms. The van der Waals surface area contributed by atoms with Gasteiger partial charge in [0.15, 0.2) is 5.82 Å². The van der Waals surface area contributed by atoms with Gasteiger partial charge in [0.05, 0.1) is 41.4 Å². The molecule has 0 spiro atoms. The van der Waals surface area contributed by atoms with E-state index in [1.807, 2.05) is 28.8 Å². The molecule has 0 saturated carbocycles. The Morgan fingerprint density at radius 3 is 2.74 bits per heavy atom. The number of halogens is 1. The fraction of sp³-hybridized carbons (Fsp3) is 0.0870. The summed E-state index contributed by atoms with van der Waals surface area (Å²) in [5.41, 5.74) is 6.42. The summed E-state index contributed by atoms with van der Waals surface area (Å²) in [5, 5.41) is 20.6. The van der Waals surface area contributed by atoms with Gasteiger partial charge in [0, 0.05) is 22.8 Å². The molecule has 5 rings (SSSR count). The quantitative estimate of drug-likeness (QED) is 0.394. The van der Waals surface area contributed by atoms with E-state index in [1.165, 1.54) is 0 Å². The summed E-state index contributed by atoms with van der Waals surface area (Å²) in [6.45, 7) is 0.802. The SMILES string of the molecule is N#Cc1ccc(-c2cc3n(c2)Cc2cc(Br)ccc2-n2c(CNC(=O)O)cnc2-3)cc1. The summed E-state index contributed by atoms with van der Waals surface area (Å²) in [5.74, 6) is 0.753. The number of aromatic nitrogens is 3. The van der Waals surface area contributed by atoms with Crippen LogP contribution in [0.15, 0.2) is 65.4 Å². The fourth-order valence-electron chi connectivity index (χ4n) is 3.93. The second kappa shape index (κ2) is 7.45. The minimum Gasteiger partial charge on any atom is -0.465 e. The zero-order chi connectivity index (χ0) is 21.5. The molecule has 0 radical (unpaired) electrons. The number of imidazole rings is 1. The van der Waals surface area contributed by atoms with Crippen LogP contribution in [0.4, 0.5) is 4.79 Å². The van der Waals surface area contributed by atoms with Crippen LogP contribution >= 0.6 is 15.9 Å². The van der Waals surface area contributed by atoms with E-state index < -0.39 is 6.09 Å². The highest BCUT2D eigenvalue weighted by Crippen LogP contribution is 2.36. The molecule has 3 heterocycles. The summed E-state index contributed by atoms with van der Waals surface area (Å²) in [7, 11) is 0. The van der Waals surface area contributed by atoms with Crippen LogP contribution in [0.1, 0.15) is 16.8 Å². The Hall–Kier alpha value is -3.83. The molecule has 8 heteroatoms. The van der Waals surface area contributed by atoms with Crippen LogP contribution in [0, 0.1) is 11.3 Å². The molecule has 152 valence electrons. The van der Waals surface area contributed by atoms with E-state index in [-0.39, 0.29) is 6.54 Å². The maximum atomic E-state index is 11.1. The summed E-state index contributed by atoms with van der Waals surface area (Å²) in [4.78, 5) is 15.7. The number of carbonyl (C=O) groups is 1. The van der Waals surface area contributed by atoms with Gasteiger partial charge in [0.2, 0.25) is 0 Å². The van der Waals surface area contributed by atoms with Crippen LogP contribution in [0.25, 0.3) is 28.3 Å². The van der Waals surface area contributed by atoms with E-state index in [1.54, 1.807) is 18.3 Å². The van der Waals surface area contributed by atoms with E-state index in [0.29, 0.717) is 12.1 Å². The van der Waals surface area contributed by atoms with Crippen molar-refractivity contribution in [2.75, 3.05) is 0 Å². The molecule has 1 amide bonds. The normalized spacial score (nSPS) is 11.6. The first-order chi connectivity index (χ1) is 15.0. The standard InChI is InChI=1S/C23H16BrN5O2/c24-18-5-6-20-17(7-18)13-28-12-16(15-3-1-14(9-25)2-4-15)8-21(28)22-26-10-19(29(20)22)11-27-23(30)31/h1-8,10,12,27H,11,13H2,(H,30,31). The van der Waals surface area contributed by atoms with Gasteiger partial charge in [-0.05, 0) is 47.5 Å². The average molecular weight is 474 g/mol. The van der Waals surface area contributed by atoms with Gasteiger partial charge >= 0.3 is 6.09 Å². The lowest BCUT2D eigenvalue weighted by Crippen LogP contribution is -2.21. The van der Waals surface area contributed by atoms with E-state index in [4.69, 9.17) is 10.4 Å². The smallest absolute Gasteiger partial charge is 0.404 e. The predicted octanol–water partition coefficient (Wildman–Crippen LogP) is 4.77. The Bertz CT molecular complexity index is 1360. The zero-order valence-electron chi connectivity index (χ0n) is 16.2. The molecular formula is C23H16BrN5O2. The molecule has 2 N–H and O–H groups in total. The van der Waals surface area contributed by atoms with E-state index in [2.05, 4.69) is 55.2 Å². The lowest BCUT2D eigenvalue weighted by atomic mass is 10.1. The number of carboxylic acid groups (broad SMARTS) is 1. The molecule has 0 aliphatic carbocycles. The molecule has 2 aromatic carbocycles. The molecule has 4 aromatic rings. The second-order valence-electron chi connectivity index (χ2n) is 7.27. The Balaban J connectivity index is 1.67. The van der Waals surface area contributed by atoms with Crippen LogP contribution in [-0.2, 0) is 13.1 Å². The van der Waals surface area contributed by atoms with Gasteiger partial charge in [0.25, 0.3) is 0 Å². The molecule has 31 heavy (non-hydrogen) atoms. The van der Waals surface area contributed by atoms with Crippen molar-refractivity contribution in [3.05, 3.63) is 82.2 Å². The average Bonchev–Trinajstić information content (AvgIpc) is 3.34. The number of amides is 1. The minimum atomic E-state index is -1.08. The fourth-order valence-corrected chi connectivity index (χ4v) is 4.34. The number of benzene rings is 2. The van der Waals surface area contributed by atoms with Crippen LogP contribution < -0.4 is 5.32 Å². The maximum absolute atomic E-state index is 11.1. The van der Waals surface area contributed by atoms with Crippen molar-refractivity contribution in [1.82, 2.24) is 19.4 Å². The lowest BCUT2D eigenvalue weighted by molar-refractivity contribution is 0.193. The van der Waals surface area contributed by atoms with Crippen molar-refractivity contribution >= 4 is 22.0 Å². The Morgan fingerprint density at radius 1 is 1.19 bits per heavy atom. The largest absolute Gasteiger partial charge is 0.465 e. The Kier molecular flexibility index (Phi) is 4.60. The van der Waals surface area contributed by atoms with Crippen LogP contribution in [0.3, 0.4) is 0 Å². The number of hydrogen-bond donors (Lipinski definition) is 2. The van der Waals surface area contributed by atoms with Crippen LogP contribution in [0.5, 0.6) is 0 Å². The van der Waals surface area contributed by atoms with Crippen LogP contribution in [0.2, 0.25) is 0 Å². The summed E-state index contributed by atoms with van der Waals surface area (Å²) < 4.78 is 5.14. The monoisotopic (exact) mass is 473 g/mol. The van der Waals surface area contributed by atoms with Crippen molar-refractivity contribution in [1.29, 1.82) is 5.26 Å². The number of fused-ring (bicyclic) bond motifs is 5. The molecule has 0 saturated heterocycles. The number of hydrogen-bond acceptors (Lipinski definition) is 3. The van der Waals surface area contributed by atoms with Crippen molar-refractivity contribution < 1.29 is 9.90 Å². The lowest BCUT2D eigenvalue weighted by Gasteiger charge is -2.13. The third-order valence-electron chi connectivity index (χ3n) is 5.35. The highest BCUT2D eigenvalue weighted by Gasteiger charge is 2.24. The van der Waals surface area contributed by atoms with Crippen molar-refractivity contribution in [2.24, 2.45) is 0 Å². The first-order valence-electron chi connectivity index (χ1n) is 9.57. The van der Waals surface area contributed by atoms with Gasteiger partial charge < -0.3 is 15.0 Å². The van der Waals surface area contributed by atoms with Gasteiger partial charge in [0.1, 0.15) is 0 Å². The topological polar surface area (TPSA) is 95.9 Å². The Morgan fingerprint density at radius 2 is 2.00 bits per heavy atom. The Labute approximate surface area is 186 Å². The van der Waals surface area contributed by atoms with Gasteiger partial charge in [-0.25, -0.2) is 9.78 Å². The molecule has 0 fully saturated rings. The number of nitrogens with zero attached hydrogens (tertiary/aromatic N) is 4. The minimum absolute atomic E-state index is 0.154. The van der Waals surface area contributed by atoms with Crippen LogP contribution in [-0.4, -0.2) is 25.3 Å². The van der Waals surface area contributed by atoms with Crippen molar-refractivity contribution in [2.45, 2.75) is 13.1 Å². The summed E-state index contributed by atoms with van der Waals surface area (Å²) in [6, 6.07) is 17.8. The van der Waals surface area contributed by atoms with Gasteiger partial charge in [-0.2, -0.15) is 5.26 Å². The number of nitrogens with one attached hydrogen (secondary N) is 1. The predicted molar refractivity (Wildman–Crippen MR) is 119 cm³/mol. The molecule has 1 aliphatic rings. The van der Waals surface area contributed by atoms with Gasteiger partial charge in [-0.3, -0.25) is 4.57 Å². The maximum Gasteiger partial charge on any atom is 0.404 e. The highest BCUT2D eigenvalue weighted by atomic mass is 79.9. The van der Waals surface area contributed by atoms with Crippen molar-refractivity contribution in [3.8, 4) is 34.4 Å². The first-order valence-corrected chi connectivity index (χ1v) is 10.4. The summed E-state index contributed by atoms with van der Waals surface area (Å²) >= 11 is 3.56. The first kappa shape index (κ1) is 19.2. The second-order valence-corrected chi connectivity index (χ2v) is 8.19. The van der Waals surface area contributed by atoms with Gasteiger partial charge in [-0.15, -0.1) is 0 Å². The summed E-state index contributed by atoms with van der Waals surface area (Å²) in [6.07, 6.45) is 2.72. The van der Waals surface area contributed by atoms with Crippen molar-refractivity contribution in [3.63, 3.8) is 0 Å². The van der Waals surface area contributed by atoms with E-state index in [9.17, 15) is 4.79 Å². The molecule has 0 unspecified atom stereocenters. The van der Waals surface area contributed by atoms with E-state index in [0.717, 1.165) is 44.1 Å². The number of rotatable bonds is 3. The molecular weight excluding hydrogens is 458 g/mol. The number of nitriles is 1. The molecule has 7 nitrogen and oxygen atoms in total.